The van der Waals surface area contributed by atoms with E-state index >= 15 is 0 Å². The third-order valence-corrected chi connectivity index (χ3v) is 3.46. The number of thioether (sulfide) groups is 1. The smallest absolute Gasteiger partial charge is 0.102 e. The summed E-state index contributed by atoms with van der Waals surface area (Å²) in [5, 5.41) is 9.46. The van der Waals surface area contributed by atoms with Crippen LogP contribution in [0.5, 0.6) is 0 Å². The quantitative estimate of drug-likeness (QED) is 0.728. The Morgan fingerprint density at radius 2 is 2.21 bits per heavy atom. The summed E-state index contributed by atoms with van der Waals surface area (Å²) in [5.74, 6) is 1.63. The molecule has 0 spiro atoms. The summed E-state index contributed by atoms with van der Waals surface area (Å²) >= 11 is 7.60. The van der Waals surface area contributed by atoms with Crippen LogP contribution in [0, 0.1) is 17.2 Å². The number of nitriles is 1. The summed E-state index contributed by atoms with van der Waals surface area (Å²) in [6, 6.07) is 7.71. The van der Waals surface area contributed by atoms with E-state index < -0.39 is 0 Å². The molecule has 0 unspecified atom stereocenters. The van der Waals surface area contributed by atoms with Gasteiger partial charge in [0.05, 0.1) is 10.6 Å². The molecule has 0 atom stereocenters. The van der Waals surface area contributed by atoms with Crippen LogP contribution >= 0.6 is 23.4 Å². The third kappa shape index (κ3) is 2.94. The molecule has 3 heteroatoms. The van der Waals surface area contributed by atoms with Gasteiger partial charge in [0.2, 0.25) is 0 Å². The molecule has 0 aliphatic heterocycles. The SMILES string of the molecule is CC(C)CSc1cccc(Cl)c1C#N. The van der Waals surface area contributed by atoms with E-state index in [1.807, 2.05) is 12.1 Å². The highest BCUT2D eigenvalue weighted by molar-refractivity contribution is 7.99. The molecule has 0 saturated heterocycles. The Morgan fingerprint density at radius 3 is 2.79 bits per heavy atom. The number of hydrogen-bond acceptors (Lipinski definition) is 2. The van der Waals surface area contributed by atoms with Crippen LogP contribution in [-0.2, 0) is 0 Å². The molecule has 74 valence electrons. The van der Waals surface area contributed by atoms with Crippen molar-refractivity contribution >= 4 is 23.4 Å². The topological polar surface area (TPSA) is 23.8 Å². The first-order chi connectivity index (χ1) is 6.65. The third-order valence-electron chi connectivity index (χ3n) is 1.66. The van der Waals surface area contributed by atoms with E-state index in [2.05, 4.69) is 19.9 Å². The van der Waals surface area contributed by atoms with Crippen LogP contribution in [0.25, 0.3) is 0 Å². The number of nitrogens with zero attached hydrogens (tertiary/aromatic N) is 1. The van der Waals surface area contributed by atoms with Crippen LogP contribution in [0.4, 0.5) is 0 Å². The Hall–Kier alpha value is -0.650. The Kier molecular flexibility index (Phi) is 4.31. The molecule has 1 aromatic rings. The van der Waals surface area contributed by atoms with Gasteiger partial charge in [0.25, 0.3) is 0 Å². The highest BCUT2D eigenvalue weighted by Gasteiger charge is 2.06. The molecule has 0 amide bonds. The van der Waals surface area contributed by atoms with E-state index in [-0.39, 0.29) is 0 Å². The summed E-state index contributed by atoms with van der Waals surface area (Å²) < 4.78 is 0. The fraction of sp³-hybridized carbons (Fsp3) is 0.364. The average Bonchev–Trinajstić information content (AvgIpc) is 2.14. The van der Waals surface area contributed by atoms with Gasteiger partial charge in [0.1, 0.15) is 6.07 Å². The number of rotatable bonds is 3. The van der Waals surface area contributed by atoms with Gasteiger partial charge >= 0.3 is 0 Å². The minimum Gasteiger partial charge on any atom is -0.192 e. The molecule has 0 N–H and O–H groups in total. The van der Waals surface area contributed by atoms with Crippen LogP contribution in [0.2, 0.25) is 5.02 Å². The van der Waals surface area contributed by atoms with Crippen molar-refractivity contribution in [3.8, 4) is 6.07 Å². The maximum Gasteiger partial charge on any atom is 0.102 e. The molecule has 0 aliphatic rings. The molecule has 14 heavy (non-hydrogen) atoms. The van der Waals surface area contributed by atoms with Crippen LogP contribution in [0.3, 0.4) is 0 Å². The molecule has 0 fully saturated rings. The van der Waals surface area contributed by atoms with Gasteiger partial charge in [-0.25, -0.2) is 0 Å². The minimum atomic E-state index is 0.543. The van der Waals surface area contributed by atoms with Gasteiger partial charge in [-0.3, -0.25) is 0 Å². The van der Waals surface area contributed by atoms with E-state index in [9.17, 15) is 0 Å². The van der Waals surface area contributed by atoms with Crippen LogP contribution in [0.15, 0.2) is 23.1 Å². The Morgan fingerprint density at radius 1 is 1.50 bits per heavy atom. The zero-order valence-corrected chi connectivity index (χ0v) is 9.82. The molecule has 0 saturated carbocycles. The first-order valence-corrected chi connectivity index (χ1v) is 5.83. The highest BCUT2D eigenvalue weighted by Crippen LogP contribution is 2.28. The molecule has 0 aliphatic carbocycles. The predicted molar refractivity (Wildman–Crippen MR) is 61.7 cm³/mol. The van der Waals surface area contributed by atoms with E-state index in [0.717, 1.165) is 10.6 Å². The second-order valence-electron chi connectivity index (χ2n) is 3.43. The molecule has 1 aromatic carbocycles. The van der Waals surface area contributed by atoms with Crippen molar-refractivity contribution in [1.82, 2.24) is 0 Å². The lowest BCUT2D eigenvalue weighted by Crippen LogP contribution is -1.91. The number of hydrogen-bond donors (Lipinski definition) is 0. The van der Waals surface area contributed by atoms with Crippen molar-refractivity contribution in [3.05, 3.63) is 28.8 Å². The normalized spacial score (nSPS) is 10.2. The molecule has 0 bridgehead atoms. The van der Waals surface area contributed by atoms with Gasteiger partial charge in [-0.1, -0.05) is 31.5 Å². The van der Waals surface area contributed by atoms with Crippen molar-refractivity contribution in [3.63, 3.8) is 0 Å². The van der Waals surface area contributed by atoms with Crippen molar-refractivity contribution in [1.29, 1.82) is 5.26 Å². The maximum atomic E-state index is 8.92. The second kappa shape index (κ2) is 5.29. The molecular weight excluding hydrogens is 214 g/mol. The zero-order valence-electron chi connectivity index (χ0n) is 8.25. The largest absolute Gasteiger partial charge is 0.192 e. The summed E-state index contributed by atoms with van der Waals surface area (Å²) in [6.07, 6.45) is 0. The number of halogens is 1. The Bertz CT molecular complexity index is 355. The lowest BCUT2D eigenvalue weighted by atomic mass is 10.2. The second-order valence-corrected chi connectivity index (χ2v) is 4.90. The molecule has 1 rings (SSSR count). The Balaban J connectivity index is 2.87. The average molecular weight is 226 g/mol. The van der Waals surface area contributed by atoms with Crippen molar-refractivity contribution in [2.75, 3.05) is 5.75 Å². The predicted octanol–water partition coefficient (Wildman–Crippen LogP) is 3.96. The van der Waals surface area contributed by atoms with Gasteiger partial charge in [0, 0.05) is 10.6 Å². The van der Waals surface area contributed by atoms with Crippen molar-refractivity contribution < 1.29 is 0 Å². The summed E-state index contributed by atoms with van der Waals surface area (Å²) in [7, 11) is 0. The molecule has 0 radical (unpaired) electrons. The summed E-state index contributed by atoms with van der Waals surface area (Å²) in [4.78, 5) is 0.980. The Labute approximate surface area is 94.1 Å². The lowest BCUT2D eigenvalue weighted by Gasteiger charge is -2.06. The van der Waals surface area contributed by atoms with Gasteiger partial charge in [-0.05, 0) is 18.1 Å². The summed E-state index contributed by atoms with van der Waals surface area (Å²) in [5.41, 5.74) is 0.597. The van der Waals surface area contributed by atoms with E-state index in [1.165, 1.54) is 0 Å². The van der Waals surface area contributed by atoms with E-state index in [4.69, 9.17) is 16.9 Å². The first kappa shape index (κ1) is 11.4. The van der Waals surface area contributed by atoms with Crippen molar-refractivity contribution in [2.45, 2.75) is 18.7 Å². The number of benzene rings is 1. The van der Waals surface area contributed by atoms with Gasteiger partial charge < -0.3 is 0 Å². The minimum absolute atomic E-state index is 0.543. The fourth-order valence-corrected chi connectivity index (χ4v) is 2.25. The van der Waals surface area contributed by atoms with Crippen molar-refractivity contribution in [2.24, 2.45) is 5.92 Å². The molecule has 0 aromatic heterocycles. The fourth-order valence-electron chi connectivity index (χ4n) is 0.990. The van der Waals surface area contributed by atoms with E-state index in [1.54, 1.807) is 17.8 Å². The van der Waals surface area contributed by atoms with E-state index in [0.29, 0.717) is 16.5 Å². The first-order valence-electron chi connectivity index (χ1n) is 4.46. The maximum absolute atomic E-state index is 8.92. The van der Waals surface area contributed by atoms with Gasteiger partial charge in [-0.15, -0.1) is 11.8 Å². The van der Waals surface area contributed by atoms with Gasteiger partial charge in [-0.2, -0.15) is 5.26 Å². The monoisotopic (exact) mass is 225 g/mol. The van der Waals surface area contributed by atoms with Gasteiger partial charge in [0.15, 0.2) is 0 Å². The van der Waals surface area contributed by atoms with Crippen LogP contribution < -0.4 is 0 Å². The highest BCUT2D eigenvalue weighted by atomic mass is 35.5. The molecule has 0 heterocycles. The standard InChI is InChI=1S/C11H12ClNS/c1-8(2)7-14-11-5-3-4-10(12)9(11)6-13/h3-5,8H,7H2,1-2H3. The molecular formula is C11H12ClNS. The van der Waals surface area contributed by atoms with Crippen LogP contribution in [0.1, 0.15) is 19.4 Å². The molecule has 1 nitrogen and oxygen atoms in total. The lowest BCUT2D eigenvalue weighted by molar-refractivity contribution is 0.750. The zero-order chi connectivity index (χ0) is 10.6. The van der Waals surface area contributed by atoms with Crippen LogP contribution in [-0.4, -0.2) is 5.75 Å². The summed E-state index contributed by atoms with van der Waals surface area (Å²) in [6.45, 7) is 4.31.